The lowest BCUT2D eigenvalue weighted by molar-refractivity contribution is -0.163. The van der Waals surface area contributed by atoms with Crippen molar-refractivity contribution in [1.82, 2.24) is 0 Å². The van der Waals surface area contributed by atoms with Crippen LogP contribution in [0.2, 0.25) is 0 Å². The van der Waals surface area contributed by atoms with E-state index in [0.717, 1.165) is 17.1 Å². The Morgan fingerprint density at radius 1 is 0.905 bits per heavy atom. The Labute approximate surface area is 124 Å². The molecular formula is C17H20O4. The van der Waals surface area contributed by atoms with Gasteiger partial charge in [-0.3, -0.25) is 0 Å². The van der Waals surface area contributed by atoms with Crippen LogP contribution >= 0.6 is 0 Å². The Morgan fingerprint density at radius 3 is 2.24 bits per heavy atom. The van der Waals surface area contributed by atoms with Gasteiger partial charge in [0.25, 0.3) is 0 Å². The Kier molecular flexibility index (Phi) is 5.75. The van der Waals surface area contributed by atoms with Crippen LogP contribution in [-0.4, -0.2) is 31.7 Å². The van der Waals surface area contributed by atoms with E-state index >= 15 is 0 Å². The molecule has 1 atom stereocenters. The molecule has 0 radical (unpaired) electrons. The first-order valence-electron chi connectivity index (χ1n) is 6.78. The standard InChI is InChI=1S/C17H20O4/c1-19-17(20-2)16(18)12-13-7-6-10-15(11-13)21-14-8-4-3-5-9-14/h3-11,16-18H,12H2,1-2H3. The molecule has 0 aliphatic carbocycles. The van der Waals surface area contributed by atoms with Gasteiger partial charge in [0.1, 0.15) is 17.6 Å². The molecular weight excluding hydrogens is 268 g/mol. The zero-order valence-electron chi connectivity index (χ0n) is 12.2. The molecule has 21 heavy (non-hydrogen) atoms. The monoisotopic (exact) mass is 288 g/mol. The zero-order chi connectivity index (χ0) is 15.1. The first-order chi connectivity index (χ1) is 10.2. The van der Waals surface area contributed by atoms with Crippen molar-refractivity contribution in [3.63, 3.8) is 0 Å². The number of ether oxygens (including phenoxy) is 3. The molecule has 1 N–H and O–H groups in total. The minimum atomic E-state index is -0.730. The molecule has 0 fully saturated rings. The number of hydrogen-bond donors (Lipinski definition) is 1. The lowest BCUT2D eigenvalue weighted by Crippen LogP contribution is -2.31. The maximum atomic E-state index is 10.1. The van der Waals surface area contributed by atoms with Crippen molar-refractivity contribution in [3.8, 4) is 11.5 Å². The smallest absolute Gasteiger partial charge is 0.183 e. The maximum absolute atomic E-state index is 10.1. The normalized spacial score (nSPS) is 12.4. The molecule has 0 saturated heterocycles. The van der Waals surface area contributed by atoms with Crippen LogP contribution < -0.4 is 4.74 Å². The highest BCUT2D eigenvalue weighted by atomic mass is 16.7. The van der Waals surface area contributed by atoms with Crippen LogP contribution in [-0.2, 0) is 15.9 Å². The minimum Gasteiger partial charge on any atom is -0.457 e. The third-order valence-electron chi connectivity index (χ3n) is 3.10. The van der Waals surface area contributed by atoms with Gasteiger partial charge in [0.15, 0.2) is 6.29 Å². The van der Waals surface area contributed by atoms with Crippen molar-refractivity contribution in [2.45, 2.75) is 18.8 Å². The molecule has 0 aliphatic rings. The molecule has 1 unspecified atom stereocenters. The van der Waals surface area contributed by atoms with E-state index in [-0.39, 0.29) is 0 Å². The number of methoxy groups -OCH3 is 2. The van der Waals surface area contributed by atoms with Gasteiger partial charge in [-0.2, -0.15) is 0 Å². The summed E-state index contributed by atoms with van der Waals surface area (Å²) in [5.74, 6) is 1.51. The molecule has 0 amide bonds. The topological polar surface area (TPSA) is 47.9 Å². The van der Waals surface area contributed by atoms with E-state index in [1.54, 1.807) is 0 Å². The van der Waals surface area contributed by atoms with E-state index < -0.39 is 12.4 Å². The number of para-hydroxylation sites is 1. The fraction of sp³-hybridized carbons (Fsp3) is 0.294. The molecule has 0 saturated carbocycles. The molecule has 0 aliphatic heterocycles. The number of aliphatic hydroxyl groups excluding tert-OH is 1. The molecule has 4 nitrogen and oxygen atoms in total. The molecule has 0 bridgehead atoms. The molecule has 112 valence electrons. The second-order valence-electron chi connectivity index (χ2n) is 4.67. The summed E-state index contributed by atoms with van der Waals surface area (Å²) in [6.45, 7) is 0. The van der Waals surface area contributed by atoms with Crippen LogP contribution in [0.5, 0.6) is 11.5 Å². The van der Waals surface area contributed by atoms with Gasteiger partial charge in [0.2, 0.25) is 0 Å². The first kappa shape index (κ1) is 15.5. The molecule has 2 rings (SSSR count). The lowest BCUT2D eigenvalue weighted by Gasteiger charge is -2.20. The fourth-order valence-electron chi connectivity index (χ4n) is 2.11. The van der Waals surface area contributed by atoms with Crippen LogP contribution in [0.3, 0.4) is 0 Å². The largest absolute Gasteiger partial charge is 0.457 e. The summed E-state index contributed by atoms with van der Waals surface area (Å²) in [5, 5.41) is 10.1. The minimum absolute atomic E-state index is 0.429. The average Bonchev–Trinajstić information content (AvgIpc) is 2.50. The molecule has 4 heteroatoms. The predicted octanol–water partition coefficient (Wildman–Crippen LogP) is 3.00. The molecule has 0 aromatic heterocycles. The Morgan fingerprint density at radius 2 is 1.57 bits per heavy atom. The van der Waals surface area contributed by atoms with Gasteiger partial charge in [-0.1, -0.05) is 30.3 Å². The Hall–Kier alpha value is -1.88. The number of hydrogen-bond acceptors (Lipinski definition) is 4. The second kappa shape index (κ2) is 7.78. The summed E-state index contributed by atoms with van der Waals surface area (Å²) in [7, 11) is 3.01. The highest BCUT2D eigenvalue weighted by molar-refractivity contribution is 5.34. The number of rotatable bonds is 7. The van der Waals surface area contributed by atoms with Crippen molar-refractivity contribution in [2.75, 3.05) is 14.2 Å². The van der Waals surface area contributed by atoms with Crippen LogP contribution in [0.15, 0.2) is 54.6 Å². The zero-order valence-corrected chi connectivity index (χ0v) is 12.2. The van der Waals surface area contributed by atoms with Crippen molar-refractivity contribution in [3.05, 3.63) is 60.2 Å². The van der Waals surface area contributed by atoms with Crippen molar-refractivity contribution in [2.24, 2.45) is 0 Å². The number of benzene rings is 2. The summed E-state index contributed by atoms with van der Waals surface area (Å²) in [4.78, 5) is 0. The van der Waals surface area contributed by atoms with Crippen LogP contribution in [0.25, 0.3) is 0 Å². The predicted molar refractivity (Wildman–Crippen MR) is 80.5 cm³/mol. The number of aliphatic hydroxyl groups is 1. The maximum Gasteiger partial charge on any atom is 0.183 e. The van der Waals surface area contributed by atoms with Crippen LogP contribution in [0.4, 0.5) is 0 Å². The van der Waals surface area contributed by atoms with Crippen LogP contribution in [0, 0.1) is 0 Å². The second-order valence-corrected chi connectivity index (χ2v) is 4.67. The van der Waals surface area contributed by atoms with Crippen LogP contribution in [0.1, 0.15) is 5.56 Å². The molecule has 0 heterocycles. The summed E-state index contributed by atoms with van der Waals surface area (Å²) in [6, 6.07) is 17.2. The van der Waals surface area contributed by atoms with E-state index in [1.165, 1.54) is 14.2 Å². The van der Waals surface area contributed by atoms with Gasteiger partial charge in [-0.15, -0.1) is 0 Å². The Bertz CT molecular complexity index is 537. The Balaban J connectivity index is 2.04. The van der Waals surface area contributed by atoms with Crippen molar-refractivity contribution < 1.29 is 19.3 Å². The van der Waals surface area contributed by atoms with E-state index in [1.807, 2.05) is 54.6 Å². The van der Waals surface area contributed by atoms with Gasteiger partial charge in [0.05, 0.1) is 0 Å². The highest BCUT2D eigenvalue weighted by Gasteiger charge is 2.18. The van der Waals surface area contributed by atoms with Gasteiger partial charge < -0.3 is 19.3 Å². The SMILES string of the molecule is COC(OC)C(O)Cc1cccc(Oc2ccccc2)c1. The van der Waals surface area contributed by atoms with E-state index in [0.29, 0.717) is 6.42 Å². The van der Waals surface area contributed by atoms with E-state index in [9.17, 15) is 5.11 Å². The third-order valence-corrected chi connectivity index (χ3v) is 3.10. The average molecular weight is 288 g/mol. The molecule has 2 aromatic rings. The van der Waals surface area contributed by atoms with E-state index in [2.05, 4.69) is 0 Å². The summed E-state index contributed by atoms with van der Waals surface area (Å²) < 4.78 is 15.9. The van der Waals surface area contributed by atoms with Crippen molar-refractivity contribution >= 4 is 0 Å². The quantitative estimate of drug-likeness (QED) is 0.796. The van der Waals surface area contributed by atoms with Gasteiger partial charge in [-0.05, 0) is 29.8 Å². The first-order valence-corrected chi connectivity index (χ1v) is 6.78. The van der Waals surface area contributed by atoms with Gasteiger partial charge in [-0.25, -0.2) is 0 Å². The van der Waals surface area contributed by atoms with Gasteiger partial charge >= 0.3 is 0 Å². The molecule has 0 spiro atoms. The summed E-state index contributed by atoms with van der Waals surface area (Å²) in [6.07, 6.45) is -0.936. The highest BCUT2D eigenvalue weighted by Crippen LogP contribution is 2.22. The summed E-state index contributed by atoms with van der Waals surface area (Å²) >= 11 is 0. The van der Waals surface area contributed by atoms with Crippen molar-refractivity contribution in [1.29, 1.82) is 0 Å². The lowest BCUT2D eigenvalue weighted by atomic mass is 10.1. The van der Waals surface area contributed by atoms with E-state index in [4.69, 9.17) is 14.2 Å². The molecule has 2 aromatic carbocycles. The van der Waals surface area contributed by atoms with Gasteiger partial charge in [0, 0.05) is 20.6 Å². The fourth-order valence-corrected chi connectivity index (χ4v) is 2.11. The third kappa shape index (κ3) is 4.56. The summed E-state index contributed by atoms with van der Waals surface area (Å²) in [5.41, 5.74) is 0.954.